The highest BCUT2D eigenvalue weighted by Crippen LogP contribution is 2.23. The fourth-order valence-electron chi connectivity index (χ4n) is 3.17. The van der Waals surface area contributed by atoms with Crippen molar-refractivity contribution in [1.29, 1.82) is 0 Å². The molecule has 1 aliphatic rings. The maximum atomic E-state index is 12.7. The standard InChI is InChI=1S/C19H18N4O2/c1-22-10-8-15-16(6-3-7-17(15)22)18(24)21-13-4-2-5-14(12-13)23-11-9-20-19(23)25/h2-8,10,12H,9,11H2,1H3,(H,20,25)(H,21,24). The monoisotopic (exact) mass is 334 g/mol. The van der Waals surface area contributed by atoms with Gasteiger partial charge in [-0.15, -0.1) is 0 Å². The van der Waals surface area contributed by atoms with Crippen molar-refractivity contribution in [3.05, 3.63) is 60.3 Å². The van der Waals surface area contributed by atoms with E-state index in [1.54, 1.807) is 4.90 Å². The van der Waals surface area contributed by atoms with Crippen LogP contribution in [0.15, 0.2) is 54.7 Å². The largest absolute Gasteiger partial charge is 0.351 e. The summed E-state index contributed by atoms with van der Waals surface area (Å²) in [6, 6.07) is 14.8. The zero-order valence-corrected chi connectivity index (χ0v) is 13.8. The van der Waals surface area contributed by atoms with Gasteiger partial charge in [-0.3, -0.25) is 9.69 Å². The van der Waals surface area contributed by atoms with Gasteiger partial charge in [0.15, 0.2) is 0 Å². The van der Waals surface area contributed by atoms with Crippen LogP contribution < -0.4 is 15.5 Å². The van der Waals surface area contributed by atoms with Crippen molar-refractivity contribution in [2.45, 2.75) is 0 Å². The lowest BCUT2D eigenvalue weighted by molar-refractivity contribution is 0.102. The van der Waals surface area contributed by atoms with E-state index in [0.29, 0.717) is 24.3 Å². The minimum Gasteiger partial charge on any atom is -0.351 e. The second-order valence-electron chi connectivity index (χ2n) is 6.05. The maximum absolute atomic E-state index is 12.7. The van der Waals surface area contributed by atoms with Crippen molar-refractivity contribution >= 4 is 34.2 Å². The molecule has 2 heterocycles. The first kappa shape index (κ1) is 15.3. The van der Waals surface area contributed by atoms with Gasteiger partial charge in [0, 0.05) is 54.2 Å². The van der Waals surface area contributed by atoms with E-state index < -0.39 is 0 Å². The average Bonchev–Trinajstić information content (AvgIpc) is 3.21. The molecule has 3 amide bonds. The molecule has 1 fully saturated rings. The summed E-state index contributed by atoms with van der Waals surface area (Å²) >= 11 is 0. The van der Waals surface area contributed by atoms with Crippen molar-refractivity contribution < 1.29 is 9.59 Å². The van der Waals surface area contributed by atoms with Gasteiger partial charge in [-0.1, -0.05) is 12.1 Å². The van der Waals surface area contributed by atoms with Crippen LogP contribution in [0.25, 0.3) is 10.9 Å². The lowest BCUT2D eigenvalue weighted by Crippen LogP contribution is -2.27. The molecule has 126 valence electrons. The Morgan fingerprint density at radius 3 is 2.80 bits per heavy atom. The molecule has 1 saturated heterocycles. The van der Waals surface area contributed by atoms with E-state index in [2.05, 4.69) is 10.6 Å². The lowest BCUT2D eigenvalue weighted by atomic mass is 10.1. The molecule has 0 spiro atoms. The number of anilines is 2. The van der Waals surface area contributed by atoms with Gasteiger partial charge < -0.3 is 15.2 Å². The van der Waals surface area contributed by atoms with Gasteiger partial charge in [-0.2, -0.15) is 0 Å². The molecule has 0 bridgehead atoms. The number of urea groups is 1. The van der Waals surface area contributed by atoms with Crippen LogP contribution in [-0.4, -0.2) is 29.6 Å². The highest BCUT2D eigenvalue weighted by molar-refractivity contribution is 6.12. The molecule has 0 atom stereocenters. The first-order valence-corrected chi connectivity index (χ1v) is 8.14. The number of nitrogens with one attached hydrogen (secondary N) is 2. The maximum Gasteiger partial charge on any atom is 0.321 e. The van der Waals surface area contributed by atoms with Crippen LogP contribution >= 0.6 is 0 Å². The molecule has 0 radical (unpaired) electrons. The lowest BCUT2D eigenvalue weighted by Gasteiger charge is -2.15. The summed E-state index contributed by atoms with van der Waals surface area (Å²) in [7, 11) is 1.95. The topological polar surface area (TPSA) is 66.4 Å². The number of aryl methyl sites for hydroxylation is 1. The normalized spacial score (nSPS) is 14.0. The van der Waals surface area contributed by atoms with Crippen LogP contribution in [0.4, 0.5) is 16.2 Å². The van der Waals surface area contributed by atoms with Crippen LogP contribution in [0.5, 0.6) is 0 Å². The number of amides is 3. The molecule has 1 aromatic heterocycles. The average molecular weight is 334 g/mol. The third-order valence-electron chi connectivity index (χ3n) is 4.45. The Bertz CT molecular complexity index is 976. The Morgan fingerprint density at radius 1 is 1.16 bits per heavy atom. The van der Waals surface area contributed by atoms with Gasteiger partial charge in [-0.25, -0.2) is 4.79 Å². The van der Waals surface area contributed by atoms with Crippen LogP contribution in [-0.2, 0) is 7.05 Å². The zero-order chi connectivity index (χ0) is 17.4. The fourth-order valence-corrected chi connectivity index (χ4v) is 3.17. The molecular weight excluding hydrogens is 316 g/mol. The first-order chi connectivity index (χ1) is 12.1. The molecule has 2 N–H and O–H groups in total. The van der Waals surface area contributed by atoms with E-state index >= 15 is 0 Å². The Kier molecular flexibility index (Phi) is 3.65. The summed E-state index contributed by atoms with van der Waals surface area (Å²) in [4.78, 5) is 26.2. The summed E-state index contributed by atoms with van der Waals surface area (Å²) in [5, 5.41) is 6.62. The predicted octanol–water partition coefficient (Wildman–Crippen LogP) is 2.96. The molecule has 25 heavy (non-hydrogen) atoms. The second kappa shape index (κ2) is 5.98. The predicted molar refractivity (Wildman–Crippen MR) is 98.1 cm³/mol. The molecule has 0 saturated carbocycles. The van der Waals surface area contributed by atoms with E-state index in [-0.39, 0.29) is 11.9 Å². The number of carbonyl (C=O) groups is 2. The molecule has 0 aliphatic carbocycles. The van der Waals surface area contributed by atoms with Crippen LogP contribution in [0.1, 0.15) is 10.4 Å². The van der Waals surface area contributed by atoms with Crippen molar-refractivity contribution in [3.63, 3.8) is 0 Å². The smallest absolute Gasteiger partial charge is 0.321 e. The van der Waals surface area contributed by atoms with Gasteiger partial charge in [-0.05, 0) is 36.4 Å². The van der Waals surface area contributed by atoms with E-state index in [1.807, 2.05) is 66.3 Å². The molecular formula is C19H18N4O2. The van der Waals surface area contributed by atoms with Gasteiger partial charge in [0.05, 0.1) is 0 Å². The second-order valence-corrected chi connectivity index (χ2v) is 6.05. The van der Waals surface area contributed by atoms with Gasteiger partial charge >= 0.3 is 6.03 Å². The number of hydrogen-bond acceptors (Lipinski definition) is 2. The summed E-state index contributed by atoms with van der Waals surface area (Å²) in [6.07, 6.45) is 1.94. The van der Waals surface area contributed by atoms with Crippen molar-refractivity contribution in [2.75, 3.05) is 23.3 Å². The third-order valence-corrected chi connectivity index (χ3v) is 4.45. The van der Waals surface area contributed by atoms with Crippen molar-refractivity contribution in [1.82, 2.24) is 9.88 Å². The van der Waals surface area contributed by atoms with Crippen LogP contribution in [0.2, 0.25) is 0 Å². The molecule has 3 aromatic rings. The first-order valence-electron chi connectivity index (χ1n) is 8.14. The molecule has 2 aromatic carbocycles. The summed E-state index contributed by atoms with van der Waals surface area (Å²) < 4.78 is 1.98. The molecule has 0 unspecified atom stereocenters. The van der Waals surface area contributed by atoms with Crippen molar-refractivity contribution in [2.24, 2.45) is 7.05 Å². The number of aromatic nitrogens is 1. The van der Waals surface area contributed by atoms with Crippen molar-refractivity contribution in [3.8, 4) is 0 Å². The van der Waals surface area contributed by atoms with Gasteiger partial charge in [0.25, 0.3) is 5.91 Å². The Balaban J connectivity index is 1.61. The summed E-state index contributed by atoms with van der Waals surface area (Å²) in [5.41, 5.74) is 3.07. The molecule has 4 rings (SSSR count). The quantitative estimate of drug-likeness (QED) is 0.773. The molecule has 1 aliphatic heterocycles. The van der Waals surface area contributed by atoms with E-state index in [4.69, 9.17) is 0 Å². The SMILES string of the molecule is Cn1ccc2c(C(=O)Nc3cccc(N4CCNC4=O)c3)cccc21. The van der Waals surface area contributed by atoms with Crippen LogP contribution in [0.3, 0.4) is 0 Å². The summed E-state index contributed by atoms with van der Waals surface area (Å²) in [6.45, 7) is 1.25. The minimum absolute atomic E-state index is 0.113. The number of benzene rings is 2. The summed E-state index contributed by atoms with van der Waals surface area (Å²) in [5.74, 6) is -0.167. The molecule has 6 nitrogen and oxygen atoms in total. The number of fused-ring (bicyclic) bond motifs is 1. The number of hydrogen-bond donors (Lipinski definition) is 2. The molecule has 6 heteroatoms. The Labute approximate surface area is 145 Å². The van der Waals surface area contributed by atoms with Gasteiger partial charge in [0.2, 0.25) is 0 Å². The van der Waals surface area contributed by atoms with E-state index in [0.717, 1.165) is 16.6 Å². The fraction of sp³-hybridized carbons (Fsp3) is 0.158. The Hall–Kier alpha value is -3.28. The number of nitrogens with zero attached hydrogens (tertiary/aromatic N) is 2. The zero-order valence-electron chi connectivity index (χ0n) is 13.8. The highest BCUT2D eigenvalue weighted by atomic mass is 16.2. The Morgan fingerprint density at radius 2 is 2.00 bits per heavy atom. The number of carbonyl (C=O) groups excluding carboxylic acids is 2. The minimum atomic E-state index is -0.167. The number of rotatable bonds is 3. The third kappa shape index (κ3) is 2.71. The van der Waals surface area contributed by atoms with E-state index in [9.17, 15) is 9.59 Å². The van der Waals surface area contributed by atoms with E-state index in [1.165, 1.54) is 0 Å². The highest BCUT2D eigenvalue weighted by Gasteiger charge is 2.21. The van der Waals surface area contributed by atoms with Gasteiger partial charge in [0.1, 0.15) is 0 Å². The van der Waals surface area contributed by atoms with Crippen LogP contribution in [0, 0.1) is 0 Å².